The molecule has 1 saturated heterocycles. The number of aromatic carboxylic acids is 1. The van der Waals surface area contributed by atoms with Crippen molar-refractivity contribution in [3.63, 3.8) is 0 Å². The van der Waals surface area contributed by atoms with E-state index in [-0.39, 0.29) is 110 Å². The van der Waals surface area contributed by atoms with Crippen LogP contribution in [0.4, 0.5) is 26.2 Å². The predicted octanol–water partition coefficient (Wildman–Crippen LogP) is 8.96. The molecule has 13 rings (SSSR count). The maximum Gasteiger partial charge on any atom is 0.410 e. The Hall–Kier alpha value is -9.97. The quantitative estimate of drug-likeness (QED) is 0.0158. The van der Waals surface area contributed by atoms with Gasteiger partial charge in [0.05, 0.1) is 40.9 Å². The molecule has 3 aromatic carbocycles. The molecule has 28 nitrogen and oxygen atoms in total. The Morgan fingerprint density at radius 2 is 1.53 bits per heavy atom. The van der Waals surface area contributed by atoms with E-state index in [9.17, 15) is 58.2 Å². The number of imide groups is 2. The third-order valence-electron chi connectivity index (χ3n) is 22.1. The summed E-state index contributed by atoms with van der Waals surface area (Å²) in [6.45, 7) is 13.0. The van der Waals surface area contributed by atoms with Crippen molar-refractivity contribution < 1.29 is 67.6 Å². The summed E-state index contributed by atoms with van der Waals surface area (Å²) >= 11 is 1.41. The standard InChI is InChI=1S/C78H96N14O14S/c1-48(2)66(85-62(93)18-7-6-10-31-90-63(94)25-26-64(90)95)69(99)82-59(16-12-30-79)70(100)92(72(80)103)53-21-19-50(20-22-53)40-105-74(104)89(52-28-32-87(33-29-52)39-65(96)97)35-36-106-78-44-75(4)41-76(5,45-78)43-77(42-75,46-78)47-91-49(3)56(37-81-91)54-23-24-61(84-67(54)71(101)102)88-34-27-51-13-11-14-55(57(51)38-88)68(98)86-73-83-58-15-8-9-17-60(58)107-73/h8-9,11,13-15,17,19-26,37,48,52,59,66H,6-7,10,12,16,18,27-36,38-47,79H2,1-5H3,(H2,80,103)(H,82,99)(H,85,93)(H,96,97)(H,101,102)(H,83,86,98)/t59-,66-,75?,76?,77?,78?/m0/s1. The fourth-order valence-corrected chi connectivity index (χ4v) is 19.1. The molecule has 9 N–H and O–H groups in total. The van der Waals surface area contributed by atoms with E-state index < -0.39 is 65.4 Å². The van der Waals surface area contributed by atoms with Gasteiger partial charge >= 0.3 is 24.1 Å². The Kier molecular flexibility index (Phi) is 23.1. The normalized spacial score (nSPS) is 21.7. The third-order valence-corrected chi connectivity index (χ3v) is 23.0. The van der Waals surface area contributed by atoms with Crippen molar-refractivity contribution in [3.05, 3.63) is 131 Å². The number of primary amides is 1. The van der Waals surface area contributed by atoms with Gasteiger partial charge in [-0.15, -0.1) is 0 Å². The molecular weight excluding hydrogens is 1390 g/mol. The molecule has 4 saturated carbocycles. The number of nitrogens with one attached hydrogen (secondary N) is 3. The van der Waals surface area contributed by atoms with Crippen LogP contribution < -0.4 is 37.2 Å². The van der Waals surface area contributed by atoms with Crippen LogP contribution in [0.25, 0.3) is 21.3 Å². The Bertz CT molecular complexity index is 4360. The number of benzene rings is 3. The van der Waals surface area contributed by atoms with Crippen LogP contribution in [0, 0.1) is 29.1 Å². The molecule has 568 valence electrons. The van der Waals surface area contributed by atoms with Gasteiger partial charge in [0.25, 0.3) is 23.6 Å². The van der Waals surface area contributed by atoms with Crippen molar-refractivity contribution in [1.82, 2.24) is 45.1 Å². The number of aliphatic carboxylic acids is 1. The van der Waals surface area contributed by atoms with Gasteiger partial charge in [-0.1, -0.05) is 81.9 Å². The number of hydrogen-bond acceptors (Lipinski definition) is 19. The summed E-state index contributed by atoms with van der Waals surface area (Å²) in [5.74, 6) is -4.98. The van der Waals surface area contributed by atoms with E-state index >= 15 is 0 Å². The number of pyridine rings is 1. The van der Waals surface area contributed by atoms with Crippen LogP contribution in [0.1, 0.15) is 161 Å². The summed E-state index contributed by atoms with van der Waals surface area (Å²) in [4.78, 5) is 149. The number of hydrogen-bond donors (Lipinski definition) is 7. The third kappa shape index (κ3) is 17.5. The van der Waals surface area contributed by atoms with Gasteiger partial charge in [0.2, 0.25) is 11.8 Å². The van der Waals surface area contributed by atoms with E-state index in [2.05, 4.69) is 34.8 Å². The summed E-state index contributed by atoms with van der Waals surface area (Å²) in [6, 6.07) is 19.4. The van der Waals surface area contributed by atoms with Crippen molar-refractivity contribution in [2.24, 2.45) is 33.6 Å². The maximum atomic E-state index is 14.6. The maximum absolute atomic E-state index is 14.6. The van der Waals surface area contributed by atoms with Gasteiger partial charge in [0.15, 0.2) is 10.8 Å². The first-order valence-corrected chi connectivity index (χ1v) is 37.8. The Labute approximate surface area is 624 Å². The molecule has 4 aliphatic carbocycles. The average Bonchev–Trinajstić information content (AvgIpc) is 1.42. The molecule has 5 fully saturated rings. The highest BCUT2D eigenvalue weighted by Crippen LogP contribution is 2.72. The Balaban J connectivity index is 0.686. The van der Waals surface area contributed by atoms with Crippen LogP contribution in [-0.4, -0.2) is 180 Å². The number of anilines is 3. The van der Waals surface area contributed by atoms with Gasteiger partial charge in [-0.2, -0.15) is 5.10 Å². The zero-order valence-electron chi connectivity index (χ0n) is 61.3. The number of ether oxygens (including phenoxy) is 2. The van der Waals surface area contributed by atoms with Gasteiger partial charge < -0.3 is 51.6 Å². The number of unbranched alkanes of at least 4 members (excludes halogenated alkanes) is 2. The predicted molar refractivity (Wildman–Crippen MR) is 400 cm³/mol. The minimum Gasteiger partial charge on any atom is -0.480 e. The van der Waals surface area contributed by atoms with E-state index in [4.69, 9.17) is 31.0 Å². The Morgan fingerprint density at radius 1 is 0.804 bits per heavy atom. The second-order valence-corrected chi connectivity index (χ2v) is 32.1. The van der Waals surface area contributed by atoms with Crippen LogP contribution in [0.2, 0.25) is 0 Å². The number of piperidine rings is 1. The zero-order valence-corrected chi connectivity index (χ0v) is 62.1. The zero-order chi connectivity index (χ0) is 76.1. The molecule has 6 heterocycles. The van der Waals surface area contributed by atoms with Crippen LogP contribution in [0.5, 0.6) is 0 Å². The highest BCUT2D eigenvalue weighted by Gasteiger charge is 2.66. The first-order valence-electron chi connectivity index (χ1n) is 37.0. The molecule has 0 radical (unpaired) electrons. The van der Waals surface area contributed by atoms with Crippen molar-refractivity contribution in [3.8, 4) is 11.1 Å². The first kappa shape index (κ1) is 76.7. The fourth-order valence-electron chi connectivity index (χ4n) is 18.3. The highest BCUT2D eigenvalue weighted by atomic mass is 32.1. The van der Waals surface area contributed by atoms with Crippen molar-refractivity contribution in [2.45, 2.75) is 174 Å². The first-order chi connectivity index (χ1) is 51.1. The minimum atomic E-state index is -1.28. The van der Waals surface area contributed by atoms with Gasteiger partial charge in [-0.3, -0.25) is 53.4 Å². The van der Waals surface area contributed by atoms with Crippen LogP contribution in [0.15, 0.2) is 97.2 Å². The molecule has 0 spiro atoms. The molecule has 3 aromatic heterocycles. The minimum absolute atomic E-state index is 0.0390. The summed E-state index contributed by atoms with van der Waals surface area (Å²) in [5, 5.41) is 34.4. The monoisotopic (exact) mass is 1480 g/mol. The number of rotatable bonds is 31. The molecule has 7 aliphatic rings. The van der Waals surface area contributed by atoms with Crippen molar-refractivity contribution >= 4 is 97.7 Å². The average molecular weight is 1490 g/mol. The number of fused-ring (bicyclic) bond motifs is 2. The van der Waals surface area contributed by atoms with Gasteiger partial charge in [0.1, 0.15) is 24.5 Å². The molecule has 2 unspecified atom stereocenters. The fraction of sp³-hybridized carbons (Fsp3) is 0.500. The van der Waals surface area contributed by atoms with Gasteiger partial charge in [-0.05, 0) is 178 Å². The van der Waals surface area contributed by atoms with Crippen LogP contribution >= 0.6 is 11.3 Å². The Morgan fingerprint density at radius 3 is 2.21 bits per heavy atom. The van der Waals surface area contributed by atoms with E-state index in [0.29, 0.717) is 104 Å². The number of para-hydroxylation sites is 1. The molecule has 6 aromatic rings. The number of carboxylic acid groups (broad SMARTS) is 2. The lowest BCUT2D eigenvalue weighted by molar-refractivity contribution is -0.249. The van der Waals surface area contributed by atoms with E-state index in [1.165, 1.54) is 35.6 Å². The topological polar surface area (TPSA) is 378 Å². The molecule has 107 heavy (non-hydrogen) atoms. The number of thiazole rings is 1. The number of nitrogens with zero attached hydrogens (tertiary/aromatic N) is 9. The SMILES string of the molecule is Cc1c(-c2ccc(N3CCc4cccc(C(=O)Nc5nc6ccccc6s5)c4C3)nc2C(=O)O)cnn1CC12CC3(C)CC(C)(C1)CC(OCCN(C(=O)OCc1ccc(N(C(N)=O)C(=O)[C@H](CCCN)NC(=O)[C@@H](NC(=O)CCCCCN4C(=O)C=CC4=O)C(C)C)cc1)C1CCN(CC(=O)O)CC1)(C3)C2. The molecule has 4 atom stereocenters. The van der Waals surface area contributed by atoms with E-state index in [1.54, 1.807) is 43.1 Å². The molecule has 4 bridgehead atoms. The molecular formula is C78H96N14O14S. The lowest BCUT2D eigenvalue weighted by atomic mass is 9.39. The van der Waals surface area contributed by atoms with Crippen LogP contribution in [0.3, 0.4) is 0 Å². The summed E-state index contributed by atoms with van der Waals surface area (Å²) in [6.07, 6.45) is 12.4. The number of carbonyl (C=O) groups excluding carboxylic acids is 8. The number of nitrogens with two attached hydrogens (primary N) is 2. The molecule has 9 amide bonds. The summed E-state index contributed by atoms with van der Waals surface area (Å²) in [5.41, 5.74) is 16.4. The van der Waals surface area contributed by atoms with Gasteiger partial charge in [-0.25, -0.2) is 29.3 Å². The highest BCUT2D eigenvalue weighted by molar-refractivity contribution is 7.22. The lowest BCUT2D eigenvalue weighted by Gasteiger charge is -2.69. The van der Waals surface area contributed by atoms with Crippen molar-refractivity contribution in [1.29, 1.82) is 0 Å². The largest absolute Gasteiger partial charge is 0.480 e. The number of carboxylic acids is 2. The smallest absolute Gasteiger partial charge is 0.410 e. The summed E-state index contributed by atoms with van der Waals surface area (Å²) < 4.78 is 16.3. The van der Waals surface area contributed by atoms with E-state index in [1.807, 2.05) is 69.9 Å². The number of carbonyl (C=O) groups is 10. The van der Waals surface area contributed by atoms with Gasteiger partial charge in [0, 0.05) is 92.8 Å². The van der Waals surface area contributed by atoms with Crippen molar-refractivity contribution in [2.75, 3.05) is 67.5 Å². The summed E-state index contributed by atoms with van der Waals surface area (Å²) in [7, 11) is 0. The van der Waals surface area contributed by atoms with Crippen LogP contribution in [-0.2, 0) is 64.4 Å². The molecule has 3 aliphatic heterocycles. The number of aromatic nitrogens is 4. The number of likely N-dealkylation sites (tertiary alicyclic amines) is 1. The lowest BCUT2D eigenvalue weighted by Crippen LogP contribution is -2.64. The second-order valence-electron chi connectivity index (χ2n) is 31.0. The second kappa shape index (κ2) is 32.2. The van der Waals surface area contributed by atoms with E-state index in [0.717, 1.165) is 75.4 Å². The molecule has 29 heteroatoms. The number of urea groups is 1. The number of amides is 9.